The van der Waals surface area contributed by atoms with Gasteiger partial charge in [-0.15, -0.1) is 0 Å². The Balaban J connectivity index is 2.46. The molecule has 5 nitrogen and oxygen atoms in total. The van der Waals surface area contributed by atoms with Crippen LogP contribution in [0.25, 0.3) is 0 Å². The summed E-state index contributed by atoms with van der Waals surface area (Å²) in [5, 5.41) is 7.19. The third-order valence-electron chi connectivity index (χ3n) is 2.49. The van der Waals surface area contributed by atoms with E-state index < -0.39 is 0 Å². The first-order valence-electron chi connectivity index (χ1n) is 5.44. The monoisotopic (exact) mass is 212 g/mol. The summed E-state index contributed by atoms with van der Waals surface area (Å²) in [6, 6.07) is 0.476. The van der Waals surface area contributed by atoms with Crippen molar-refractivity contribution in [3.63, 3.8) is 0 Å². The lowest BCUT2D eigenvalue weighted by Gasteiger charge is -2.09. The van der Waals surface area contributed by atoms with Crippen LogP contribution in [0.3, 0.4) is 0 Å². The summed E-state index contributed by atoms with van der Waals surface area (Å²) in [6.07, 6.45) is 1.09. The third-order valence-corrected chi connectivity index (χ3v) is 2.49. The van der Waals surface area contributed by atoms with Gasteiger partial charge in [-0.25, -0.2) is 0 Å². The van der Waals surface area contributed by atoms with Gasteiger partial charge in [0.25, 0.3) is 5.95 Å². The second kappa shape index (κ2) is 5.70. The van der Waals surface area contributed by atoms with E-state index in [-0.39, 0.29) is 0 Å². The molecule has 1 aromatic heterocycles. The molecule has 1 rings (SSSR count). The molecule has 0 aliphatic heterocycles. The quantitative estimate of drug-likeness (QED) is 0.772. The Morgan fingerprint density at radius 2 is 2.20 bits per heavy atom. The van der Waals surface area contributed by atoms with Gasteiger partial charge in [0.2, 0.25) is 5.89 Å². The van der Waals surface area contributed by atoms with Crippen LogP contribution in [-0.4, -0.2) is 29.8 Å². The lowest BCUT2D eigenvalue weighted by atomic mass is 10.3. The maximum Gasteiger partial charge on any atom is 0.265 e. The average Bonchev–Trinajstić information content (AvgIpc) is 2.73. The van der Waals surface area contributed by atoms with Crippen LogP contribution in [0.4, 0.5) is 5.95 Å². The van der Waals surface area contributed by atoms with Gasteiger partial charge in [-0.05, 0) is 25.4 Å². The molecule has 0 bridgehead atoms. The minimum atomic E-state index is 0.476. The SMILES string of the molecule is CCC(C)NCc1nc(N(C)CC)no1. The Morgan fingerprint density at radius 3 is 2.80 bits per heavy atom. The fourth-order valence-electron chi connectivity index (χ4n) is 1.02. The van der Waals surface area contributed by atoms with Crippen molar-refractivity contribution in [2.75, 3.05) is 18.5 Å². The van der Waals surface area contributed by atoms with Gasteiger partial charge in [0.15, 0.2) is 0 Å². The van der Waals surface area contributed by atoms with Crippen molar-refractivity contribution in [2.24, 2.45) is 0 Å². The fourth-order valence-corrected chi connectivity index (χ4v) is 1.02. The molecule has 5 heteroatoms. The van der Waals surface area contributed by atoms with Crippen molar-refractivity contribution < 1.29 is 4.52 Å². The van der Waals surface area contributed by atoms with Gasteiger partial charge >= 0.3 is 0 Å². The van der Waals surface area contributed by atoms with Crippen LogP contribution in [0.15, 0.2) is 4.52 Å². The zero-order chi connectivity index (χ0) is 11.3. The first kappa shape index (κ1) is 12.0. The number of rotatable bonds is 6. The molecule has 1 atom stereocenters. The topological polar surface area (TPSA) is 54.2 Å². The summed E-state index contributed by atoms with van der Waals surface area (Å²) in [5.41, 5.74) is 0. The first-order chi connectivity index (χ1) is 7.17. The van der Waals surface area contributed by atoms with Gasteiger partial charge < -0.3 is 14.7 Å². The van der Waals surface area contributed by atoms with E-state index >= 15 is 0 Å². The molecule has 0 spiro atoms. The molecule has 0 aliphatic carbocycles. The highest BCUT2D eigenvalue weighted by molar-refractivity contribution is 5.24. The third kappa shape index (κ3) is 3.51. The van der Waals surface area contributed by atoms with Crippen LogP contribution in [0.2, 0.25) is 0 Å². The number of aromatic nitrogens is 2. The van der Waals surface area contributed by atoms with E-state index in [0.717, 1.165) is 13.0 Å². The zero-order valence-corrected chi connectivity index (χ0v) is 9.95. The molecular formula is C10H20N4O. The molecule has 0 aromatic carbocycles. The van der Waals surface area contributed by atoms with Crippen LogP contribution >= 0.6 is 0 Å². The summed E-state index contributed by atoms with van der Waals surface area (Å²) in [6.45, 7) is 7.84. The highest BCUT2D eigenvalue weighted by Crippen LogP contribution is 2.06. The largest absolute Gasteiger partial charge is 0.342 e. The molecule has 0 saturated carbocycles. The summed E-state index contributed by atoms with van der Waals surface area (Å²) in [7, 11) is 1.94. The Bertz CT molecular complexity index is 287. The second-order valence-corrected chi connectivity index (χ2v) is 3.69. The normalized spacial score (nSPS) is 12.8. The lowest BCUT2D eigenvalue weighted by Crippen LogP contribution is -2.24. The minimum absolute atomic E-state index is 0.476. The molecule has 1 aromatic rings. The second-order valence-electron chi connectivity index (χ2n) is 3.69. The van der Waals surface area contributed by atoms with E-state index in [0.29, 0.717) is 24.4 Å². The van der Waals surface area contributed by atoms with E-state index in [9.17, 15) is 0 Å². The number of nitrogens with zero attached hydrogens (tertiary/aromatic N) is 3. The van der Waals surface area contributed by atoms with E-state index in [1.807, 2.05) is 18.9 Å². The van der Waals surface area contributed by atoms with Crippen molar-refractivity contribution in [1.29, 1.82) is 0 Å². The van der Waals surface area contributed by atoms with Crippen molar-refractivity contribution in [1.82, 2.24) is 15.5 Å². The zero-order valence-electron chi connectivity index (χ0n) is 9.95. The molecule has 0 fully saturated rings. The van der Waals surface area contributed by atoms with E-state index in [2.05, 4.69) is 29.3 Å². The smallest absolute Gasteiger partial charge is 0.265 e. The van der Waals surface area contributed by atoms with Crippen LogP contribution in [-0.2, 0) is 6.54 Å². The van der Waals surface area contributed by atoms with Crippen LogP contribution < -0.4 is 10.2 Å². The van der Waals surface area contributed by atoms with Gasteiger partial charge in [0, 0.05) is 19.6 Å². The molecule has 1 heterocycles. The van der Waals surface area contributed by atoms with Crippen LogP contribution in [0.1, 0.15) is 33.1 Å². The predicted octanol–water partition coefficient (Wildman–Crippen LogP) is 1.41. The maximum absolute atomic E-state index is 5.12. The molecule has 0 amide bonds. The molecule has 0 saturated heterocycles. The Kier molecular flexibility index (Phi) is 4.55. The molecule has 0 aliphatic rings. The number of nitrogens with one attached hydrogen (secondary N) is 1. The Labute approximate surface area is 90.8 Å². The number of anilines is 1. The Morgan fingerprint density at radius 1 is 1.47 bits per heavy atom. The fraction of sp³-hybridized carbons (Fsp3) is 0.800. The highest BCUT2D eigenvalue weighted by Gasteiger charge is 2.09. The molecular weight excluding hydrogens is 192 g/mol. The molecule has 1 unspecified atom stereocenters. The average molecular weight is 212 g/mol. The lowest BCUT2D eigenvalue weighted by molar-refractivity contribution is 0.357. The van der Waals surface area contributed by atoms with Crippen LogP contribution in [0.5, 0.6) is 0 Å². The highest BCUT2D eigenvalue weighted by atomic mass is 16.5. The van der Waals surface area contributed by atoms with E-state index in [4.69, 9.17) is 4.52 Å². The summed E-state index contributed by atoms with van der Waals surface area (Å²) < 4.78 is 5.12. The van der Waals surface area contributed by atoms with Crippen LogP contribution in [0, 0.1) is 0 Å². The maximum atomic E-state index is 5.12. The van der Waals surface area contributed by atoms with E-state index in [1.165, 1.54) is 0 Å². The van der Waals surface area contributed by atoms with Gasteiger partial charge in [0.1, 0.15) is 0 Å². The predicted molar refractivity (Wildman–Crippen MR) is 59.8 cm³/mol. The van der Waals surface area contributed by atoms with Crippen molar-refractivity contribution >= 4 is 5.95 Å². The minimum Gasteiger partial charge on any atom is -0.342 e. The molecule has 15 heavy (non-hydrogen) atoms. The van der Waals surface area contributed by atoms with Crippen molar-refractivity contribution in [3.05, 3.63) is 5.89 Å². The number of hydrogen-bond donors (Lipinski definition) is 1. The van der Waals surface area contributed by atoms with Gasteiger partial charge in [-0.3, -0.25) is 0 Å². The summed E-state index contributed by atoms with van der Waals surface area (Å²) in [4.78, 5) is 6.21. The van der Waals surface area contributed by atoms with Gasteiger partial charge in [-0.2, -0.15) is 4.98 Å². The number of hydrogen-bond acceptors (Lipinski definition) is 5. The molecule has 1 N–H and O–H groups in total. The first-order valence-corrected chi connectivity index (χ1v) is 5.44. The Hall–Kier alpha value is -1.10. The van der Waals surface area contributed by atoms with Crippen molar-refractivity contribution in [3.8, 4) is 0 Å². The summed E-state index contributed by atoms with van der Waals surface area (Å²) in [5.74, 6) is 1.30. The van der Waals surface area contributed by atoms with Crippen molar-refractivity contribution in [2.45, 2.75) is 39.8 Å². The van der Waals surface area contributed by atoms with E-state index in [1.54, 1.807) is 0 Å². The molecule has 86 valence electrons. The van der Waals surface area contributed by atoms with Gasteiger partial charge in [-0.1, -0.05) is 6.92 Å². The van der Waals surface area contributed by atoms with Gasteiger partial charge in [0.05, 0.1) is 6.54 Å². The molecule has 0 radical (unpaired) electrons. The summed E-state index contributed by atoms with van der Waals surface area (Å²) >= 11 is 0. The standard InChI is InChI=1S/C10H20N4O/c1-5-8(3)11-7-9-12-10(13-15-9)14(4)6-2/h8,11H,5-7H2,1-4H3.